The SMILES string of the molecule is CC1C(C)C(C)(C)C2C(C)C(C)C3C(C(C)C(C)C(C)(C)[C@]3(C)C(C)C)[C@]2(C)C1C. The van der Waals surface area contributed by atoms with Crippen molar-refractivity contribution in [2.45, 2.75) is 104 Å². The molecule has 3 rings (SSSR count). The van der Waals surface area contributed by atoms with Gasteiger partial charge in [-0.1, -0.05) is 104 Å². The summed E-state index contributed by atoms with van der Waals surface area (Å²) < 4.78 is 0. The third-order valence-corrected chi connectivity index (χ3v) is 14.0. The second-order valence-electron chi connectivity index (χ2n) is 14.7. The summed E-state index contributed by atoms with van der Waals surface area (Å²) in [5.74, 6) is 8.68. The van der Waals surface area contributed by atoms with Gasteiger partial charge in [-0.2, -0.15) is 0 Å². The molecule has 0 nitrogen and oxygen atoms in total. The smallest absolute Gasteiger partial charge is 0.0215 e. The van der Waals surface area contributed by atoms with Gasteiger partial charge in [-0.15, -0.1) is 0 Å². The van der Waals surface area contributed by atoms with Crippen molar-refractivity contribution >= 4 is 0 Å². The molecule has 0 heterocycles. The highest BCUT2D eigenvalue weighted by atomic mass is 14.8. The number of rotatable bonds is 1. The second-order valence-corrected chi connectivity index (χ2v) is 14.7. The molecule has 30 heavy (non-hydrogen) atoms. The summed E-state index contributed by atoms with van der Waals surface area (Å²) >= 11 is 0. The first-order valence-electron chi connectivity index (χ1n) is 13.4. The average Bonchev–Trinajstić information content (AvgIpc) is 2.64. The van der Waals surface area contributed by atoms with Gasteiger partial charge in [0.25, 0.3) is 0 Å². The van der Waals surface area contributed by atoms with Crippen molar-refractivity contribution in [1.29, 1.82) is 0 Å². The highest BCUT2D eigenvalue weighted by Gasteiger charge is 2.72. The fourth-order valence-corrected chi connectivity index (χ4v) is 11.0. The van der Waals surface area contributed by atoms with Gasteiger partial charge in [0.15, 0.2) is 0 Å². The first-order chi connectivity index (χ1) is 13.4. The first kappa shape index (κ1) is 24.6. The van der Waals surface area contributed by atoms with Crippen molar-refractivity contribution < 1.29 is 0 Å². The maximum Gasteiger partial charge on any atom is -0.0215 e. The minimum Gasteiger partial charge on any atom is -0.0622 e. The third kappa shape index (κ3) is 2.58. The molecular formula is C30H56. The van der Waals surface area contributed by atoms with Gasteiger partial charge in [0.2, 0.25) is 0 Å². The van der Waals surface area contributed by atoms with Crippen LogP contribution in [-0.4, -0.2) is 0 Å². The van der Waals surface area contributed by atoms with Crippen molar-refractivity contribution in [3.8, 4) is 0 Å². The molecule has 0 saturated heterocycles. The predicted octanol–water partition coefficient (Wildman–Crippen LogP) is 9.05. The molecule has 0 N–H and O–H groups in total. The van der Waals surface area contributed by atoms with E-state index in [1.807, 2.05) is 0 Å². The summed E-state index contributed by atoms with van der Waals surface area (Å²) in [6.07, 6.45) is 0. The molecule has 3 fully saturated rings. The maximum absolute atomic E-state index is 2.77. The summed E-state index contributed by atoms with van der Waals surface area (Å²) in [7, 11) is 0. The van der Waals surface area contributed by atoms with Crippen LogP contribution in [0.5, 0.6) is 0 Å². The monoisotopic (exact) mass is 416 g/mol. The summed E-state index contributed by atoms with van der Waals surface area (Å²) in [5.41, 5.74) is 1.57. The molecule has 0 amide bonds. The predicted molar refractivity (Wildman–Crippen MR) is 133 cm³/mol. The van der Waals surface area contributed by atoms with Gasteiger partial charge in [-0.05, 0) is 86.8 Å². The van der Waals surface area contributed by atoms with E-state index in [0.29, 0.717) is 27.6 Å². The van der Waals surface area contributed by atoms with Crippen LogP contribution in [0.3, 0.4) is 0 Å². The molecule has 0 bridgehead atoms. The van der Waals surface area contributed by atoms with Crippen molar-refractivity contribution in [2.75, 3.05) is 0 Å². The Morgan fingerprint density at radius 2 is 1.03 bits per heavy atom. The molecule has 0 radical (unpaired) electrons. The quantitative estimate of drug-likeness (QED) is 0.400. The van der Waals surface area contributed by atoms with E-state index in [0.717, 1.165) is 59.2 Å². The van der Waals surface area contributed by atoms with E-state index in [4.69, 9.17) is 0 Å². The Labute approximate surface area is 190 Å². The van der Waals surface area contributed by atoms with Crippen LogP contribution in [0.15, 0.2) is 0 Å². The molecule has 0 heteroatoms. The fraction of sp³-hybridized carbons (Fsp3) is 1.00. The summed E-state index contributed by atoms with van der Waals surface area (Å²) in [6, 6.07) is 0. The van der Waals surface area contributed by atoms with Crippen LogP contribution in [-0.2, 0) is 0 Å². The van der Waals surface area contributed by atoms with Gasteiger partial charge in [0.1, 0.15) is 0 Å². The van der Waals surface area contributed by atoms with E-state index >= 15 is 0 Å². The normalized spacial score (nSPS) is 57.6. The lowest BCUT2D eigenvalue weighted by Crippen LogP contribution is -2.72. The van der Waals surface area contributed by atoms with Gasteiger partial charge < -0.3 is 0 Å². The largest absolute Gasteiger partial charge is 0.0622 e. The molecule has 0 aromatic rings. The van der Waals surface area contributed by atoms with Gasteiger partial charge >= 0.3 is 0 Å². The maximum atomic E-state index is 2.77. The molecule has 0 aliphatic heterocycles. The van der Waals surface area contributed by atoms with Gasteiger partial charge in [0.05, 0.1) is 0 Å². The zero-order valence-electron chi connectivity index (χ0n) is 23.4. The topological polar surface area (TPSA) is 0 Å². The average molecular weight is 417 g/mol. The molecule has 3 aliphatic carbocycles. The fourth-order valence-electron chi connectivity index (χ4n) is 11.0. The molecule has 176 valence electrons. The van der Waals surface area contributed by atoms with Crippen LogP contribution < -0.4 is 0 Å². The Kier molecular flexibility index (Phi) is 5.75. The Balaban J connectivity index is 2.32. The third-order valence-electron chi connectivity index (χ3n) is 14.0. The van der Waals surface area contributed by atoms with Crippen LogP contribution in [0.4, 0.5) is 0 Å². The molecule has 0 aromatic carbocycles. The van der Waals surface area contributed by atoms with Crippen LogP contribution in [0.1, 0.15) is 104 Å². The molecular weight excluding hydrogens is 360 g/mol. The molecule has 3 aliphatic rings. The molecule has 3 saturated carbocycles. The van der Waals surface area contributed by atoms with E-state index in [1.165, 1.54) is 0 Å². The van der Waals surface area contributed by atoms with Crippen molar-refractivity contribution in [3.05, 3.63) is 0 Å². The lowest BCUT2D eigenvalue weighted by atomic mass is 9.28. The summed E-state index contributed by atoms with van der Waals surface area (Å²) in [5, 5.41) is 0. The highest BCUT2D eigenvalue weighted by molar-refractivity contribution is 5.19. The number of hydrogen-bond donors (Lipinski definition) is 0. The van der Waals surface area contributed by atoms with Gasteiger partial charge in [-0.25, -0.2) is 0 Å². The standard InChI is InChI=1S/C30H56/c1-16(2)30(15)25-17(3)18(4)26-27(10,11)21(7)19(5)23(9)29(26,14)24(25)20(6)22(8)28(30,12)13/h16-26H,1-15H3/t17?,18?,19?,20?,21?,22?,23?,24?,25?,26?,29-,30+/m0/s1. The van der Waals surface area contributed by atoms with Crippen LogP contribution in [0.2, 0.25) is 0 Å². The van der Waals surface area contributed by atoms with E-state index < -0.39 is 0 Å². The minimum atomic E-state index is 0.366. The van der Waals surface area contributed by atoms with E-state index in [1.54, 1.807) is 0 Å². The lowest BCUT2D eigenvalue weighted by Gasteiger charge is -2.76. The first-order valence-corrected chi connectivity index (χ1v) is 13.4. The van der Waals surface area contributed by atoms with E-state index in [2.05, 4.69) is 104 Å². The zero-order valence-corrected chi connectivity index (χ0v) is 23.4. The van der Waals surface area contributed by atoms with Crippen molar-refractivity contribution in [3.63, 3.8) is 0 Å². The Morgan fingerprint density at radius 3 is 1.50 bits per heavy atom. The van der Waals surface area contributed by atoms with Crippen molar-refractivity contribution in [2.24, 2.45) is 86.8 Å². The molecule has 0 aromatic heterocycles. The molecule has 0 spiro atoms. The number of hydrogen-bond acceptors (Lipinski definition) is 0. The Hall–Kier alpha value is 0. The molecule has 12 atom stereocenters. The van der Waals surface area contributed by atoms with Gasteiger partial charge in [0, 0.05) is 0 Å². The molecule has 10 unspecified atom stereocenters. The lowest BCUT2D eigenvalue weighted by molar-refractivity contribution is -0.290. The van der Waals surface area contributed by atoms with E-state index in [9.17, 15) is 0 Å². The zero-order chi connectivity index (χ0) is 23.4. The van der Waals surface area contributed by atoms with E-state index in [-0.39, 0.29) is 0 Å². The van der Waals surface area contributed by atoms with Crippen LogP contribution in [0, 0.1) is 86.8 Å². The minimum absolute atomic E-state index is 0.366. The summed E-state index contributed by atoms with van der Waals surface area (Å²) in [6.45, 7) is 39.4. The van der Waals surface area contributed by atoms with Crippen molar-refractivity contribution in [1.82, 2.24) is 0 Å². The van der Waals surface area contributed by atoms with Crippen LogP contribution in [0.25, 0.3) is 0 Å². The second kappa shape index (κ2) is 7.00. The van der Waals surface area contributed by atoms with Crippen LogP contribution >= 0.6 is 0 Å². The summed E-state index contributed by atoms with van der Waals surface area (Å²) in [4.78, 5) is 0. The Morgan fingerprint density at radius 1 is 0.533 bits per heavy atom. The highest BCUT2D eigenvalue weighted by Crippen LogP contribution is 2.77. The van der Waals surface area contributed by atoms with Gasteiger partial charge in [-0.3, -0.25) is 0 Å². The Bertz CT molecular complexity index is 655. The number of fused-ring (bicyclic) bond motifs is 3.